The Morgan fingerprint density at radius 1 is 1.24 bits per heavy atom. The Morgan fingerprint density at radius 3 is 2.86 bits per heavy atom. The molecule has 3 heterocycles. The zero-order valence-electron chi connectivity index (χ0n) is 11.3. The number of carbonyl (C=O) groups is 1. The van der Waals surface area contributed by atoms with Gasteiger partial charge in [0.15, 0.2) is 0 Å². The average Bonchev–Trinajstić information content (AvgIpc) is 3.20. The van der Waals surface area contributed by atoms with Gasteiger partial charge in [-0.05, 0) is 29.1 Å². The molecule has 21 heavy (non-hydrogen) atoms. The maximum Gasteiger partial charge on any atom is 0.252 e. The Hall–Kier alpha value is -2.47. The second-order valence-corrected chi connectivity index (χ2v) is 5.28. The van der Waals surface area contributed by atoms with Crippen molar-refractivity contribution in [2.24, 2.45) is 0 Å². The zero-order chi connectivity index (χ0) is 14.5. The molecule has 3 aromatic heterocycles. The van der Waals surface area contributed by atoms with Crippen molar-refractivity contribution in [2.75, 3.05) is 6.54 Å². The van der Waals surface area contributed by atoms with Crippen molar-refractivity contribution in [3.63, 3.8) is 0 Å². The normalized spacial score (nSPS) is 10.5. The van der Waals surface area contributed by atoms with Gasteiger partial charge in [-0.15, -0.1) is 0 Å². The highest BCUT2D eigenvalue weighted by molar-refractivity contribution is 7.08. The standard InChI is InChI=1S/C15H14N4OS/c20-15(13-3-8-21-11-13)17-6-7-19-10-14(9-18-19)12-1-4-16-5-2-12/h1-5,8-11H,6-7H2,(H,17,20). The number of pyridine rings is 1. The van der Waals surface area contributed by atoms with Crippen molar-refractivity contribution in [3.05, 3.63) is 59.3 Å². The van der Waals surface area contributed by atoms with Crippen molar-refractivity contribution >= 4 is 17.2 Å². The largest absolute Gasteiger partial charge is 0.350 e. The molecule has 3 aromatic rings. The van der Waals surface area contributed by atoms with E-state index in [1.807, 2.05) is 46.0 Å². The monoisotopic (exact) mass is 298 g/mol. The molecular weight excluding hydrogens is 284 g/mol. The molecule has 0 saturated heterocycles. The highest BCUT2D eigenvalue weighted by Crippen LogP contribution is 2.16. The van der Waals surface area contributed by atoms with Crippen LogP contribution in [0.5, 0.6) is 0 Å². The third kappa shape index (κ3) is 3.35. The van der Waals surface area contributed by atoms with E-state index in [1.54, 1.807) is 12.4 Å². The summed E-state index contributed by atoms with van der Waals surface area (Å²) in [5.74, 6) is -0.0437. The number of amides is 1. The van der Waals surface area contributed by atoms with Gasteiger partial charge in [0.2, 0.25) is 0 Å². The molecule has 0 bridgehead atoms. The van der Waals surface area contributed by atoms with Gasteiger partial charge in [-0.25, -0.2) is 0 Å². The van der Waals surface area contributed by atoms with Gasteiger partial charge in [0.1, 0.15) is 0 Å². The molecule has 0 aromatic carbocycles. The number of carbonyl (C=O) groups excluding carboxylic acids is 1. The smallest absolute Gasteiger partial charge is 0.252 e. The van der Waals surface area contributed by atoms with Crippen LogP contribution in [0.15, 0.2) is 53.7 Å². The number of nitrogens with one attached hydrogen (secondary N) is 1. The minimum Gasteiger partial charge on any atom is -0.350 e. The number of thiophene rings is 1. The molecule has 1 N–H and O–H groups in total. The lowest BCUT2D eigenvalue weighted by Crippen LogP contribution is -2.26. The van der Waals surface area contributed by atoms with Crippen molar-refractivity contribution in [1.29, 1.82) is 0 Å². The molecule has 0 aliphatic carbocycles. The van der Waals surface area contributed by atoms with Gasteiger partial charge in [-0.2, -0.15) is 16.4 Å². The maximum absolute atomic E-state index is 11.8. The lowest BCUT2D eigenvalue weighted by Gasteiger charge is -2.04. The zero-order valence-corrected chi connectivity index (χ0v) is 12.1. The first-order valence-electron chi connectivity index (χ1n) is 6.56. The van der Waals surface area contributed by atoms with Crippen LogP contribution < -0.4 is 5.32 Å². The average molecular weight is 298 g/mol. The highest BCUT2D eigenvalue weighted by atomic mass is 32.1. The van der Waals surface area contributed by atoms with Crippen LogP contribution >= 0.6 is 11.3 Å². The van der Waals surface area contributed by atoms with E-state index in [-0.39, 0.29) is 5.91 Å². The molecule has 0 radical (unpaired) electrons. The first-order valence-corrected chi connectivity index (χ1v) is 7.50. The van der Waals surface area contributed by atoms with Crippen LogP contribution in [0.4, 0.5) is 0 Å². The predicted octanol–water partition coefficient (Wildman–Crippen LogP) is 2.44. The van der Waals surface area contributed by atoms with E-state index in [0.717, 1.165) is 11.1 Å². The number of hydrogen-bond acceptors (Lipinski definition) is 4. The van der Waals surface area contributed by atoms with Crippen LogP contribution in [0.2, 0.25) is 0 Å². The van der Waals surface area contributed by atoms with Crippen LogP contribution in [0.25, 0.3) is 11.1 Å². The Bertz CT molecular complexity index is 706. The van der Waals surface area contributed by atoms with Crippen LogP contribution in [-0.4, -0.2) is 27.2 Å². The van der Waals surface area contributed by atoms with Crippen molar-refractivity contribution < 1.29 is 4.79 Å². The molecule has 0 fully saturated rings. The van der Waals surface area contributed by atoms with Crippen LogP contribution in [-0.2, 0) is 6.54 Å². The first kappa shape index (κ1) is 13.5. The van der Waals surface area contributed by atoms with Crippen LogP contribution in [0.1, 0.15) is 10.4 Å². The summed E-state index contributed by atoms with van der Waals surface area (Å²) in [4.78, 5) is 15.8. The summed E-state index contributed by atoms with van der Waals surface area (Å²) >= 11 is 1.52. The molecular formula is C15H14N4OS. The Labute approximate surface area is 126 Å². The van der Waals surface area contributed by atoms with Gasteiger partial charge in [0.25, 0.3) is 5.91 Å². The Balaban J connectivity index is 1.55. The lowest BCUT2D eigenvalue weighted by atomic mass is 10.1. The van der Waals surface area contributed by atoms with Gasteiger partial charge in [0, 0.05) is 41.6 Å². The van der Waals surface area contributed by atoms with E-state index in [2.05, 4.69) is 15.4 Å². The lowest BCUT2D eigenvalue weighted by molar-refractivity contribution is 0.0952. The fraction of sp³-hybridized carbons (Fsp3) is 0.133. The highest BCUT2D eigenvalue weighted by Gasteiger charge is 2.05. The molecule has 6 heteroatoms. The fourth-order valence-electron chi connectivity index (χ4n) is 1.96. The van der Waals surface area contributed by atoms with E-state index in [9.17, 15) is 4.79 Å². The third-order valence-electron chi connectivity index (χ3n) is 3.06. The van der Waals surface area contributed by atoms with Crippen molar-refractivity contribution in [2.45, 2.75) is 6.54 Å². The van der Waals surface area contributed by atoms with Gasteiger partial charge >= 0.3 is 0 Å². The minimum atomic E-state index is -0.0437. The quantitative estimate of drug-likeness (QED) is 0.787. The van der Waals surface area contributed by atoms with E-state index >= 15 is 0 Å². The second-order valence-electron chi connectivity index (χ2n) is 4.50. The molecule has 0 saturated carbocycles. The molecule has 106 valence electrons. The van der Waals surface area contributed by atoms with Gasteiger partial charge in [-0.3, -0.25) is 14.5 Å². The number of hydrogen-bond donors (Lipinski definition) is 1. The SMILES string of the molecule is O=C(NCCn1cc(-c2ccncc2)cn1)c1ccsc1. The van der Waals surface area contributed by atoms with Crippen molar-refractivity contribution in [1.82, 2.24) is 20.1 Å². The predicted molar refractivity (Wildman–Crippen MR) is 82.1 cm³/mol. The topological polar surface area (TPSA) is 59.8 Å². The number of aromatic nitrogens is 3. The Morgan fingerprint density at radius 2 is 2.10 bits per heavy atom. The number of nitrogens with zero attached hydrogens (tertiary/aromatic N) is 3. The second kappa shape index (κ2) is 6.32. The van der Waals surface area contributed by atoms with E-state index in [0.29, 0.717) is 18.7 Å². The molecule has 3 rings (SSSR count). The van der Waals surface area contributed by atoms with Gasteiger partial charge < -0.3 is 5.32 Å². The minimum absolute atomic E-state index is 0.0437. The molecule has 0 spiro atoms. The fourth-order valence-corrected chi connectivity index (χ4v) is 2.59. The molecule has 0 aliphatic rings. The maximum atomic E-state index is 11.8. The summed E-state index contributed by atoms with van der Waals surface area (Å²) in [6.07, 6.45) is 7.30. The van der Waals surface area contributed by atoms with E-state index < -0.39 is 0 Å². The summed E-state index contributed by atoms with van der Waals surface area (Å²) in [7, 11) is 0. The first-order chi connectivity index (χ1) is 10.3. The summed E-state index contributed by atoms with van der Waals surface area (Å²) in [6.45, 7) is 1.19. The molecule has 5 nitrogen and oxygen atoms in total. The summed E-state index contributed by atoms with van der Waals surface area (Å²) < 4.78 is 1.82. The molecule has 0 aliphatic heterocycles. The molecule has 0 unspecified atom stereocenters. The van der Waals surface area contributed by atoms with Crippen molar-refractivity contribution in [3.8, 4) is 11.1 Å². The molecule has 0 atom stereocenters. The summed E-state index contributed by atoms with van der Waals surface area (Å²) in [5.41, 5.74) is 2.83. The number of rotatable bonds is 5. The summed E-state index contributed by atoms with van der Waals surface area (Å²) in [6, 6.07) is 5.70. The van der Waals surface area contributed by atoms with Gasteiger partial charge in [0.05, 0.1) is 12.7 Å². The van der Waals surface area contributed by atoms with Gasteiger partial charge in [-0.1, -0.05) is 0 Å². The Kier molecular flexibility index (Phi) is 4.07. The van der Waals surface area contributed by atoms with E-state index in [1.165, 1.54) is 11.3 Å². The molecule has 1 amide bonds. The summed E-state index contributed by atoms with van der Waals surface area (Å²) in [5, 5.41) is 10.9. The van der Waals surface area contributed by atoms with Crippen LogP contribution in [0, 0.1) is 0 Å². The van der Waals surface area contributed by atoms with E-state index in [4.69, 9.17) is 0 Å². The third-order valence-corrected chi connectivity index (χ3v) is 3.74. The van der Waals surface area contributed by atoms with Crippen LogP contribution in [0.3, 0.4) is 0 Å².